The van der Waals surface area contributed by atoms with Gasteiger partial charge in [-0.25, -0.2) is 0 Å². The van der Waals surface area contributed by atoms with E-state index in [0.29, 0.717) is 12.1 Å². The normalized spacial score (nSPS) is 16.2. The van der Waals surface area contributed by atoms with E-state index in [2.05, 4.69) is 49.8 Å². The zero-order valence-electron chi connectivity index (χ0n) is 10.6. The van der Waals surface area contributed by atoms with Crippen molar-refractivity contribution in [2.45, 2.75) is 52.9 Å². The van der Waals surface area contributed by atoms with Crippen molar-refractivity contribution in [3.05, 3.63) is 28.9 Å². The highest BCUT2D eigenvalue weighted by molar-refractivity contribution is 5.27. The molecule has 1 aromatic heterocycles. The fourth-order valence-electron chi connectivity index (χ4n) is 2.08. The predicted molar refractivity (Wildman–Crippen MR) is 66.1 cm³/mol. The summed E-state index contributed by atoms with van der Waals surface area (Å²) in [5.74, 6) is 0. The molecular formula is C13H21N3. The predicted octanol–water partition coefficient (Wildman–Crippen LogP) is 1.98. The molecule has 0 fully saturated rings. The van der Waals surface area contributed by atoms with Gasteiger partial charge in [-0.15, -0.1) is 0 Å². The second-order valence-electron chi connectivity index (χ2n) is 5.01. The van der Waals surface area contributed by atoms with Crippen molar-refractivity contribution in [2.24, 2.45) is 4.99 Å². The Morgan fingerprint density at radius 2 is 1.88 bits per heavy atom. The fourth-order valence-corrected chi connectivity index (χ4v) is 2.08. The highest BCUT2D eigenvalue weighted by atomic mass is 15.0. The summed E-state index contributed by atoms with van der Waals surface area (Å²) in [7, 11) is 0. The molecule has 1 N–H and O–H groups in total. The van der Waals surface area contributed by atoms with E-state index in [-0.39, 0.29) is 0 Å². The highest BCUT2D eigenvalue weighted by Crippen LogP contribution is 2.14. The Morgan fingerprint density at radius 1 is 1.19 bits per heavy atom. The molecule has 0 atom stereocenters. The summed E-state index contributed by atoms with van der Waals surface area (Å²) in [6.07, 6.45) is 2.25. The fraction of sp³-hybridized carbons (Fsp3) is 0.615. The van der Waals surface area contributed by atoms with E-state index in [9.17, 15) is 0 Å². The third-order valence-electron chi connectivity index (χ3n) is 2.85. The number of nitrogens with zero attached hydrogens (tertiary/aromatic N) is 2. The van der Waals surface area contributed by atoms with Crippen LogP contribution in [-0.2, 0) is 13.1 Å². The van der Waals surface area contributed by atoms with Crippen molar-refractivity contribution < 1.29 is 0 Å². The van der Waals surface area contributed by atoms with E-state index in [1.165, 1.54) is 11.1 Å². The standard InChI is InChI=1S/C13H21N3/c1-9(2)15-13-5-11-6-14-7-12(11)8-16(13)10(3)4/h5,8-10,14H,6-7H2,1-4H3. The average Bonchev–Trinajstić information content (AvgIpc) is 2.62. The summed E-state index contributed by atoms with van der Waals surface area (Å²) in [6.45, 7) is 10.6. The molecule has 0 unspecified atom stereocenters. The molecule has 1 aromatic rings. The van der Waals surface area contributed by atoms with Crippen LogP contribution < -0.4 is 10.8 Å². The second-order valence-corrected chi connectivity index (χ2v) is 5.01. The lowest BCUT2D eigenvalue weighted by Gasteiger charge is -2.14. The zero-order chi connectivity index (χ0) is 11.7. The van der Waals surface area contributed by atoms with Crippen LogP contribution in [0.1, 0.15) is 44.9 Å². The van der Waals surface area contributed by atoms with Crippen molar-refractivity contribution in [3.8, 4) is 0 Å². The van der Waals surface area contributed by atoms with Gasteiger partial charge >= 0.3 is 0 Å². The quantitative estimate of drug-likeness (QED) is 0.809. The molecule has 1 aliphatic rings. The minimum atomic E-state index is 0.345. The van der Waals surface area contributed by atoms with Gasteiger partial charge in [-0.05, 0) is 44.9 Å². The molecule has 0 saturated carbocycles. The Labute approximate surface area is 97.2 Å². The molecule has 0 spiro atoms. The van der Waals surface area contributed by atoms with Crippen molar-refractivity contribution in [1.82, 2.24) is 9.88 Å². The molecular weight excluding hydrogens is 198 g/mol. The third-order valence-corrected chi connectivity index (χ3v) is 2.85. The topological polar surface area (TPSA) is 29.3 Å². The summed E-state index contributed by atoms with van der Waals surface area (Å²) in [5.41, 5.74) is 3.92. The first-order chi connectivity index (χ1) is 7.58. The van der Waals surface area contributed by atoms with Gasteiger partial charge in [-0.1, -0.05) is 0 Å². The van der Waals surface area contributed by atoms with Crippen LogP contribution in [0.4, 0.5) is 0 Å². The molecule has 1 aliphatic heterocycles. The van der Waals surface area contributed by atoms with Gasteiger partial charge in [-0.3, -0.25) is 4.99 Å². The van der Waals surface area contributed by atoms with E-state index in [1.54, 1.807) is 0 Å². The molecule has 2 rings (SSSR count). The number of rotatable bonds is 2. The largest absolute Gasteiger partial charge is 0.330 e. The maximum Gasteiger partial charge on any atom is 0.128 e. The first-order valence-corrected chi connectivity index (χ1v) is 6.06. The van der Waals surface area contributed by atoms with Crippen LogP contribution in [-0.4, -0.2) is 10.6 Å². The molecule has 0 aliphatic carbocycles. The van der Waals surface area contributed by atoms with E-state index >= 15 is 0 Å². The summed E-state index contributed by atoms with van der Waals surface area (Å²) >= 11 is 0. The van der Waals surface area contributed by atoms with Gasteiger partial charge in [0.1, 0.15) is 5.49 Å². The van der Waals surface area contributed by atoms with Crippen molar-refractivity contribution in [2.75, 3.05) is 0 Å². The molecule has 0 radical (unpaired) electrons. The van der Waals surface area contributed by atoms with Gasteiger partial charge in [0.2, 0.25) is 0 Å². The number of fused-ring (bicyclic) bond motifs is 1. The zero-order valence-corrected chi connectivity index (χ0v) is 10.6. The number of hydrogen-bond donors (Lipinski definition) is 1. The average molecular weight is 219 g/mol. The van der Waals surface area contributed by atoms with Crippen LogP contribution in [0.5, 0.6) is 0 Å². The third kappa shape index (κ3) is 2.19. The first kappa shape index (κ1) is 11.4. The Hall–Kier alpha value is -1.09. The Balaban J connectivity index is 2.58. The van der Waals surface area contributed by atoms with Gasteiger partial charge in [0.05, 0.1) is 0 Å². The molecule has 0 amide bonds. The van der Waals surface area contributed by atoms with Crippen LogP contribution >= 0.6 is 0 Å². The molecule has 0 bridgehead atoms. The van der Waals surface area contributed by atoms with Gasteiger partial charge in [0.15, 0.2) is 0 Å². The van der Waals surface area contributed by atoms with Crippen molar-refractivity contribution in [3.63, 3.8) is 0 Å². The van der Waals surface area contributed by atoms with Gasteiger partial charge in [-0.2, -0.15) is 0 Å². The van der Waals surface area contributed by atoms with Crippen molar-refractivity contribution >= 4 is 0 Å². The lowest BCUT2D eigenvalue weighted by molar-refractivity contribution is 0.556. The molecule has 3 nitrogen and oxygen atoms in total. The minimum absolute atomic E-state index is 0.345. The maximum atomic E-state index is 4.69. The SMILES string of the molecule is CC(C)N=c1cc2c(cn1C(C)C)CNC2. The first-order valence-electron chi connectivity index (χ1n) is 6.06. The summed E-state index contributed by atoms with van der Waals surface area (Å²) in [4.78, 5) is 4.69. The van der Waals surface area contributed by atoms with E-state index in [1.807, 2.05) is 0 Å². The molecule has 3 heteroatoms. The number of nitrogens with one attached hydrogen (secondary N) is 1. The van der Waals surface area contributed by atoms with Crippen LogP contribution in [0.15, 0.2) is 17.3 Å². The highest BCUT2D eigenvalue weighted by Gasteiger charge is 2.12. The van der Waals surface area contributed by atoms with E-state index in [4.69, 9.17) is 4.99 Å². The lowest BCUT2D eigenvalue weighted by Crippen LogP contribution is -2.24. The Bertz CT molecular complexity index is 441. The second kappa shape index (κ2) is 4.42. The van der Waals surface area contributed by atoms with E-state index in [0.717, 1.165) is 18.6 Å². The molecule has 0 saturated heterocycles. The van der Waals surface area contributed by atoms with Crippen LogP contribution in [0.3, 0.4) is 0 Å². The number of aromatic nitrogens is 1. The van der Waals surface area contributed by atoms with Gasteiger partial charge < -0.3 is 9.88 Å². The van der Waals surface area contributed by atoms with E-state index < -0.39 is 0 Å². The Morgan fingerprint density at radius 3 is 2.50 bits per heavy atom. The summed E-state index contributed by atoms with van der Waals surface area (Å²) in [6, 6.07) is 3.04. The van der Waals surface area contributed by atoms with Crippen molar-refractivity contribution in [1.29, 1.82) is 0 Å². The van der Waals surface area contributed by atoms with Crippen LogP contribution in [0.25, 0.3) is 0 Å². The number of hydrogen-bond acceptors (Lipinski definition) is 2. The van der Waals surface area contributed by atoms with Crippen LogP contribution in [0, 0.1) is 0 Å². The Kier molecular flexibility index (Phi) is 3.15. The minimum Gasteiger partial charge on any atom is -0.330 e. The summed E-state index contributed by atoms with van der Waals surface area (Å²) in [5, 5.41) is 3.38. The van der Waals surface area contributed by atoms with Crippen LogP contribution in [0.2, 0.25) is 0 Å². The maximum absolute atomic E-state index is 4.69. The summed E-state index contributed by atoms with van der Waals surface area (Å²) < 4.78 is 2.27. The molecule has 88 valence electrons. The monoisotopic (exact) mass is 219 g/mol. The molecule has 2 heterocycles. The lowest BCUT2D eigenvalue weighted by atomic mass is 10.2. The van der Waals surface area contributed by atoms with Gasteiger partial charge in [0.25, 0.3) is 0 Å². The number of pyridine rings is 1. The molecule has 16 heavy (non-hydrogen) atoms. The molecule has 0 aromatic carbocycles. The smallest absolute Gasteiger partial charge is 0.128 e. The van der Waals surface area contributed by atoms with Gasteiger partial charge in [0, 0.05) is 31.4 Å².